The molecule has 1 atom stereocenters. The normalized spacial score (nSPS) is 20.8. The number of halogens is 2. The van der Waals surface area contributed by atoms with Gasteiger partial charge in [0, 0.05) is 23.5 Å². The Morgan fingerprint density at radius 3 is 2.84 bits per heavy atom. The van der Waals surface area contributed by atoms with Crippen LogP contribution in [0.25, 0.3) is 0 Å². The summed E-state index contributed by atoms with van der Waals surface area (Å²) in [4.78, 5) is 0. The molecule has 1 fully saturated rings. The fourth-order valence-corrected chi connectivity index (χ4v) is 4.73. The van der Waals surface area contributed by atoms with E-state index in [1.807, 2.05) is 18.2 Å². The van der Waals surface area contributed by atoms with Gasteiger partial charge in [-0.1, -0.05) is 23.7 Å². The molecule has 106 valence electrons. The average molecular weight is 322 g/mol. The molecule has 1 aromatic rings. The van der Waals surface area contributed by atoms with Crippen molar-refractivity contribution in [3.63, 3.8) is 0 Å². The van der Waals surface area contributed by atoms with Gasteiger partial charge >= 0.3 is 0 Å². The van der Waals surface area contributed by atoms with Gasteiger partial charge in [-0.05, 0) is 37.0 Å². The second-order valence-electron chi connectivity index (χ2n) is 4.68. The molecule has 0 spiro atoms. The van der Waals surface area contributed by atoms with Gasteiger partial charge in [0.05, 0.1) is 5.75 Å². The van der Waals surface area contributed by atoms with Crippen molar-refractivity contribution in [1.29, 1.82) is 0 Å². The first-order valence-corrected chi connectivity index (χ1v) is 8.88. The minimum absolute atomic E-state index is 0.0842. The molecule has 0 saturated carbocycles. The molecule has 6 heteroatoms. The maximum absolute atomic E-state index is 12.3. The van der Waals surface area contributed by atoms with Crippen molar-refractivity contribution < 1.29 is 8.42 Å². The van der Waals surface area contributed by atoms with Crippen LogP contribution in [-0.2, 0) is 10.0 Å². The Morgan fingerprint density at radius 2 is 2.16 bits per heavy atom. The molecule has 3 nitrogen and oxygen atoms in total. The number of nitrogens with zero attached hydrogens (tertiary/aromatic N) is 1. The number of benzene rings is 1. The molecule has 19 heavy (non-hydrogen) atoms. The molecule has 1 saturated heterocycles. The molecule has 2 rings (SSSR count). The summed E-state index contributed by atoms with van der Waals surface area (Å²) in [5.74, 6) is 0.489. The van der Waals surface area contributed by atoms with Gasteiger partial charge in [0.15, 0.2) is 0 Å². The van der Waals surface area contributed by atoms with Crippen molar-refractivity contribution in [1.82, 2.24) is 4.31 Å². The lowest BCUT2D eigenvalue weighted by Gasteiger charge is -2.24. The topological polar surface area (TPSA) is 37.4 Å². The summed E-state index contributed by atoms with van der Waals surface area (Å²) in [6.07, 6.45) is 2.22. The zero-order chi connectivity index (χ0) is 13.9. The van der Waals surface area contributed by atoms with Crippen molar-refractivity contribution in [3.8, 4) is 0 Å². The van der Waals surface area contributed by atoms with E-state index in [1.165, 1.54) is 0 Å². The van der Waals surface area contributed by atoms with E-state index in [2.05, 4.69) is 0 Å². The summed E-state index contributed by atoms with van der Waals surface area (Å²) in [6.45, 7) is 0.585. The molecule has 0 amide bonds. The highest BCUT2D eigenvalue weighted by atomic mass is 35.5. The highest BCUT2D eigenvalue weighted by Crippen LogP contribution is 2.35. The molecule has 0 radical (unpaired) electrons. The van der Waals surface area contributed by atoms with E-state index in [-0.39, 0.29) is 11.8 Å². The zero-order valence-electron chi connectivity index (χ0n) is 10.6. The molecule has 1 heterocycles. The lowest BCUT2D eigenvalue weighted by atomic mass is 10.1. The molecule has 1 aliphatic rings. The largest absolute Gasteiger partial charge is 0.214 e. The first kappa shape index (κ1) is 15.1. The van der Waals surface area contributed by atoms with Crippen molar-refractivity contribution in [3.05, 3.63) is 34.9 Å². The van der Waals surface area contributed by atoms with Crippen LogP contribution in [0.5, 0.6) is 0 Å². The molecule has 0 aromatic heterocycles. The third-order valence-corrected chi connectivity index (χ3v) is 5.79. The van der Waals surface area contributed by atoms with Crippen LogP contribution >= 0.6 is 23.2 Å². The minimum atomic E-state index is -3.23. The van der Waals surface area contributed by atoms with E-state index in [0.29, 0.717) is 23.9 Å². The standard InChI is InChI=1S/C13H17Cl2NO2S/c14-7-3-9-19(17,18)16-8-2-6-13(16)11-4-1-5-12(15)10-11/h1,4-5,10,13H,2-3,6-9H2. The predicted octanol–water partition coefficient (Wildman–Crippen LogP) is 3.44. The van der Waals surface area contributed by atoms with Gasteiger partial charge in [0.25, 0.3) is 0 Å². The van der Waals surface area contributed by atoms with E-state index in [4.69, 9.17) is 23.2 Å². The van der Waals surface area contributed by atoms with Crippen molar-refractivity contribution >= 4 is 33.2 Å². The van der Waals surface area contributed by atoms with Crippen LogP contribution in [0.4, 0.5) is 0 Å². The summed E-state index contributed by atoms with van der Waals surface area (Å²) in [5.41, 5.74) is 0.972. The molecule has 0 aliphatic carbocycles. The van der Waals surface area contributed by atoms with Crippen molar-refractivity contribution in [2.45, 2.75) is 25.3 Å². The molecule has 1 aromatic carbocycles. The first-order chi connectivity index (χ1) is 9.04. The highest BCUT2D eigenvalue weighted by Gasteiger charge is 2.34. The van der Waals surface area contributed by atoms with Gasteiger partial charge < -0.3 is 0 Å². The van der Waals surface area contributed by atoms with Gasteiger partial charge in [-0.25, -0.2) is 8.42 Å². The summed E-state index contributed by atoms with van der Waals surface area (Å²) in [7, 11) is -3.23. The number of sulfonamides is 1. The fourth-order valence-electron chi connectivity index (χ4n) is 2.47. The fraction of sp³-hybridized carbons (Fsp3) is 0.538. The third-order valence-electron chi connectivity index (χ3n) is 3.33. The summed E-state index contributed by atoms with van der Waals surface area (Å²) in [6, 6.07) is 7.36. The minimum Gasteiger partial charge on any atom is -0.212 e. The monoisotopic (exact) mass is 321 g/mol. The Hall–Kier alpha value is -0.290. The summed E-state index contributed by atoms with van der Waals surface area (Å²) < 4.78 is 26.2. The lowest BCUT2D eigenvalue weighted by Crippen LogP contribution is -2.32. The zero-order valence-corrected chi connectivity index (χ0v) is 12.9. The SMILES string of the molecule is O=S(=O)(CCCCl)N1CCCC1c1cccc(Cl)c1. The third kappa shape index (κ3) is 3.63. The van der Waals surface area contributed by atoms with Crippen LogP contribution in [0.15, 0.2) is 24.3 Å². The second kappa shape index (κ2) is 6.44. The van der Waals surface area contributed by atoms with Crippen LogP contribution in [0, 0.1) is 0 Å². The van der Waals surface area contributed by atoms with Crippen molar-refractivity contribution in [2.24, 2.45) is 0 Å². The highest BCUT2D eigenvalue weighted by molar-refractivity contribution is 7.89. The predicted molar refractivity (Wildman–Crippen MR) is 79.3 cm³/mol. The Balaban J connectivity index is 2.22. The van der Waals surface area contributed by atoms with Crippen LogP contribution in [-0.4, -0.2) is 30.9 Å². The molecule has 1 aliphatic heterocycles. The van der Waals surface area contributed by atoms with Crippen LogP contribution in [0.1, 0.15) is 30.9 Å². The second-order valence-corrected chi connectivity index (χ2v) is 7.54. The molecule has 0 N–H and O–H groups in total. The van der Waals surface area contributed by atoms with E-state index < -0.39 is 10.0 Å². The van der Waals surface area contributed by atoms with Gasteiger partial charge in [0.1, 0.15) is 0 Å². The molecule has 0 bridgehead atoms. The number of alkyl halides is 1. The number of hydrogen-bond acceptors (Lipinski definition) is 2. The average Bonchev–Trinajstić information content (AvgIpc) is 2.86. The number of rotatable bonds is 5. The van der Waals surface area contributed by atoms with Gasteiger partial charge in [0.2, 0.25) is 10.0 Å². The summed E-state index contributed by atoms with van der Waals surface area (Å²) in [5, 5.41) is 0.641. The maximum atomic E-state index is 12.3. The number of hydrogen-bond donors (Lipinski definition) is 0. The molecular formula is C13H17Cl2NO2S. The lowest BCUT2D eigenvalue weighted by molar-refractivity contribution is 0.396. The van der Waals surface area contributed by atoms with E-state index in [9.17, 15) is 8.42 Å². The molecular weight excluding hydrogens is 305 g/mol. The quantitative estimate of drug-likeness (QED) is 0.779. The Kier molecular flexibility index (Phi) is 5.12. The van der Waals surface area contributed by atoms with Gasteiger partial charge in [-0.15, -0.1) is 11.6 Å². The van der Waals surface area contributed by atoms with Gasteiger partial charge in [-0.2, -0.15) is 4.31 Å². The van der Waals surface area contributed by atoms with Crippen LogP contribution in [0.3, 0.4) is 0 Å². The van der Waals surface area contributed by atoms with E-state index in [1.54, 1.807) is 10.4 Å². The molecule has 1 unspecified atom stereocenters. The smallest absolute Gasteiger partial charge is 0.212 e. The Morgan fingerprint density at radius 1 is 1.37 bits per heavy atom. The van der Waals surface area contributed by atoms with Crippen molar-refractivity contribution in [2.75, 3.05) is 18.2 Å². The van der Waals surface area contributed by atoms with E-state index >= 15 is 0 Å². The summed E-state index contributed by atoms with van der Waals surface area (Å²) >= 11 is 11.6. The van der Waals surface area contributed by atoms with Crippen LogP contribution in [0.2, 0.25) is 5.02 Å². The first-order valence-electron chi connectivity index (χ1n) is 6.35. The maximum Gasteiger partial charge on any atom is 0.214 e. The van der Waals surface area contributed by atoms with E-state index in [0.717, 1.165) is 18.4 Å². The van der Waals surface area contributed by atoms with Crippen LogP contribution < -0.4 is 0 Å². The Bertz CT molecular complexity index is 533. The van der Waals surface area contributed by atoms with Gasteiger partial charge in [-0.3, -0.25) is 0 Å². The Labute approximate surface area is 124 Å².